The minimum Gasteiger partial charge on any atom is -0.493 e. The van der Waals surface area contributed by atoms with E-state index in [2.05, 4.69) is 14.9 Å². The molecule has 146 valence electrons. The number of hydrogen-bond donors (Lipinski definition) is 1. The fraction of sp³-hybridized carbons (Fsp3) is 0.333. The molecule has 0 unspecified atom stereocenters. The zero-order chi connectivity index (χ0) is 19.5. The summed E-state index contributed by atoms with van der Waals surface area (Å²) in [6.45, 7) is 3.68. The van der Waals surface area contributed by atoms with Gasteiger partial charge in [0, 0.05) is 26.2 Å². The van der Waals surface area contributed by atoms with E-state index in [0.29, 0.717) is 30.2 Å². The lowest BCUT2D eigenvalue weighted by Crippen LogP contribution is -2.48. The molecule has 1 aliphatic heterocycles. The molecular formula is C21H24N4O3. The second kappa shape index (κ2) is 7.90. The van der Waals surface area contributed by atoms with E-state index in [1.54, 1.807) is 26.4 Å². The van der Waals surface area contributed by atoms with Gasteiger partial charge in [-0.25, -0.2) is 4.98 Å². The summed E-state index contributed by atoms with van der Waals surface area (Å²) < 4.78 is 10.7. The van der Waals surface area contributed by atoms with Crippen molar-refractivity contribution in [1.29, 1.82) is 0 Å². The third kappa shape index (κ3) is 3.53. The summed E-state index contributed by atoms with van der Waals surface area (Å²) in [6, 6.07) is 13.4. The van der Waals surface area contributed by atoms with Crippen LogP contribution in [-0.2, 0) is 6.54 Å². The largest absolute Gasteiger partial charge is 0.493 e. The van der Waals surface area contributed by atoms with Crippen LogP contribution in [0.4, 0.5) is 0 Å². The number of rotatable bonds is 5. The molecule has 0 atom stereocenters. The van der Waals surface area contributed by atoms with Gasteiger partial charge in [-0.3, -0.25) is 9.69 Å². The quantitative estimate of drug-likeness (QED) is 0.737. The SMILES string of the molecule is COc1cccc(C(=O)N2CCN(Cc3nc4ccccc4[nH]3)CC2)c1OC. The van der Waals surface area contributed by atoms with Crippen molar-refractivity contribution in [2.75, 3.05) is 40.4 Å². The fourth-order valence-electron chi connectivity index (χ4n) is 3.63. The Balaban J connectivity index is 1.40. The summed E-state index contributed by atoms with van der Waals surface area (Å²) in [5.74, 6) is 1.98. The average Bonchev–Trinajstić information content (AvgIpc) is 3.15. The van der Waals surface area contributed by atoms with Gasteiger partial charge in [0.25, 0.3) is 5.91 Å². The summed E-state index contributed by atoms with van der Waals surface area (Å²) in [5.41, 5.74) is 2.57. The van der Waals surface area contributed by atoms with Crippen LogP contribution in [0.5, 0.6) is 11.5 Å². The topological polar surface area (TPSA) is 70.7 Å². The van der Waals surface area contributed by atoms with Gasteiger partial charge in [0.05, 0.1) is 37.4 Å². The van der Waals surface area contributed by atoms with E-state index in [9.17, 15) is 4.79 Å². The van der Waals surface area contributed by atoms with Gasteiger partial charge in [0.2, 0.25) is 0 Å². The monoisotopic (exact) mass is 380 g/mol. The summed E-state index contributed by atoms with van der Waals surface area (Å²) in [7, 11) is 3.13. The van der Waals surface area contributed by atoms with Crippen LogP contribution in [0.1, 0.15) is 16.2 Å². The lowest BCUT2D eigenvalue weighted by atomic mass is 10.1. The summed E-state index contributed by atoms with van der Waals surface area (Å²) in [4.78, 5) is 25.2. The molecule has 0 saturated carbocycles. The van der Waals surface area contributed by atoms with Gasteiger partial charge in [-0.15, -0.1) is 0 Å². The zero-order valence-corrected chi connectivity index (χ0v) is 16.1. The molecule has 1 aromatic heterocycles. The van der Waals surface area contributed by atoms with Crippen LogP contribution in [0.25, 0.3) is 11.0 Å². The third-order valence-corrected chi connectivity index (χ3v) is 5.10. The van der Waals surface area contributed by atoms with Crippen LogP contribution >= 0.6 is 0 Å². The Labute approximate surface area is 163 Å². The molecule has 4 rings (SSSR count). The number of aromatic amines is 1. The maximum absolute atomic E-state index is 13.0. The van der Waals surface area contributed by atoms with Crippen molar-refractivity contribution < 1.29 is 14.3 Å². The molecule has 1 amide bonds. The van der Waals surface area contributed by atoms with Crippen LogP contribution in [0.2, 0.25) is 0 Å². The number of para-hydroxylation sites is 3. The molecule has 2 aromatic carbocycles. The van der Waals surface area contributed by atoms with Crippen LogP contribution in [0.15, 0.2) is 42.5 Å². The number of aromatic nitrogens is 2. The van der Waals surface area contributed by atoms with Crippen molar-refractivity contribution in [3.8, 4) is 11.5 Å². The second-order valence-corrected chi connectivity index (χ2v) is 6.81. The van der Waals surface area contributed by atoms with E-state index in [1.807, 2.05) is 35.2 Å². The Morgan fingerprint density at radius 2 is 1.82 bits per heavy atom. The Morgan fingerprint density at radius 1 is 1.04 bits per heavy atom. The molecule has 0 spiro atoms. The lowest BCUT2D eigenvalue weighted by molar-refractivity contribution is 0.0622. The van der Waals surface area contributed by atoms with E-state index in [1.165, 1.54) is 0 Å². The standard InChI is InChI=1S/C21H24N4O3/c1-27-18-9-5-6-15(20(18)28-2)21(26)25-12-10-24(11-13-25)14-19-22-16-7-3-4-8-17(16)23-19/h3-9H,10-14H2,1-2H3,(H,22,23). The molecule has 3 aromatic rings. The van der Waals surface area contributed by atoms with Gasteiger partial charge < -0.3 is 19.4 Å². The van der Waals surface area contributed by atoms with Crippen molar-refractivity contribution in [1.82, 2.24) is 19.8 Å². The number of methoxy groups -OCH3 is 2. The normalized spacial score (nSPS) is 15.0. The number of fused-ring (bicyclic) bond motifs is 1. The molecule has 1 aliphatic rings. The highest BCUT2D eigenvalue weighted by Gasteiger charge is 2.26. The van der Waals surface area contributed by atoms with Gasteiger partial charge in [-0.05, 0) is 24.3 Å². The van der Waals surface area contributed by atoms with Gasteiger partial charge >= 0.3 is 0 Å². The van der Waals surface area contributed by atoms with Crippen LogP contribution < -0.4 is 9.47 Å². The van der Waals surface area contributed by atoms with Gasteiger partial charge in [0.1, 0.15) is 5.82 Å². The molecule has 1 saturated heterocycles. The van der Waals surface area contributed by atoms with E-state index in [4.69, 9.17) is 9.47 Å². The first kappa shape index (κ1) is 18.3. The number of hydrogen-bond acceptors (Lipinski definition) is 5. The average molecular weight is 380 g/mol. The van der Waals surface area contributed by atoms with Crippen molar-refractivity contribution in [2.45, 2.75) is 6.54 Å². The second-order valence-electron chi connectivity index (χ2n) is 6.81. The maximum atomic E-state index is 13.0. The predicted octanol–water partition coefficient (Wildman–Crippen LogP) is 2.54. The highest BCUT2D eigenvalue weighted by molar-refractivity contribution is 5.98. The molecule has 2 heterocycles. The smallest absolute Gasteiger partial charge is 0.257 e. The third-order valence-electron chi connectivity index (χ3n) is 5.10. The van der Waals surface area contributed by atoms with E-state index < -0.39 is 0 Å². The number of carbonyl (C=O) groups excluding carboxylic acids is 1. The van der Waals surface area contributed by atoms with Crippen LogP contribution in [0.3, 0.4) is 0 Å². The van der Waals surface area contributed by atoms with Crippen molar-refractivity contribution in [3.05, 3.63) is 53.9 Å². The van der Waals surface area contributed by atoms with Crippen molar-refractivity contribution in [2.24, 2.45) is 0 Å². The van der Waals surface area contributed by atoms with Crippen molar-refractivity contribution in [3.63, 3.8) is 0 Å². The van der Waals surface area contributed by atoms with Gasteiger partial charge in [-0.2, -0.15) is 0 Å². The Bertz CT molecular complexity index is 944. The van der Waals surface area contributed by atoms with E-state index in [0.717, 1.165) is 36.5 Å². The molecule has 1 fully saturated rings. The van der Waals surface area contributed by atoms with E-state index >= 15 is 0 Å². The van der Waals surface area contributed by atoms with Crippen LogP contribution in [-0.4, -0.2) is 66.1 Å². The fourth-order valence-corrected chi connectivity index (χ4v) is 3.63. The summed E-state index contributed by atoms with van der Waals surface area (Å²) in [6.07, 6.45) is 0. The molecule has 0 aliphatic carbocycles. The highest BCUT2D eigenvalue weighted by Crippen LogP contribution is 2.31. The number of benzene rings is 2. The highest BCUT2D eigenvalue weighted by atomic mass is 16.5. The summed E-state index contributed by atoms with van der Waals surface area (Å²) in [5, 5.41) is 0. The number of ether oxygens (including phenoxy) is 2. The molecule has 28 heavy (non-hydrogen) atoms. The molecule has 0 bridgehead atoms. The molecule has 0 radical (unpaired) electrons. The number of nitrogens with one attached hydrogen (secondary N) is 1. The number of amides is 1. The molecular weight excluding hydrogens is 356 g/mol. The predicted molar refractivity (Wildman–Crippen MR) is 107 cm³/mol. The number of carbonyl (C=O) groups is 1. The Hall–Kier alpha value is -3.06. The number of nitrogens with zero attached hydrogens (tertiary/aromatic N) is 3. The number of piperazine rings is 1. The molecule has 7 heteroatoms. The minimum absolute atomic E-state index is 0.0286. The first-order chi connectivity index (χ1) is 13.7. The number of H-pyrrole nitrogens is 1. The van der Waals surface area contributed by atoms with E-state index in [-0.39, 0.29) is 5.91 Å². The minimum atomic E-state index is -0.0286. The Kier molecular flexibility index (Phi) is 5.16. The van der Waals surface area contributed by atoms with Crippen molar-refractivity contribution >= 4 is 16.9 Å². The lowest BCUT2D eigenvalue weighted by Gasteiger charge is -2.34. The first-order valence-electron chi connectivity index (χ1n) is 9.36. The van der Waals surface area contributed by atoms with Crippen LogP contribution in [0, 0.1) is 0 Å². The summed E-state index contributed by atoms with van der Waals surface area (Å²) >= 11 is 0. The number of imidazole rings is 1. The molecule has 7 nitrogen and oxygen atoms in total. The van der Waals surface area contributed by atoms with Gasteiger partial charge in [-0.1, -0.05) is 18.2 Å². The first-order valence-corrected chi connectivity index (χ1v) is 9.36. The Morgan fingerprint density at radius 3 is 2.54 bits per heavy atom. The maximum Gasteiger partial charge on any atom is 0.257 e. The molecule has 1 N–H and O–H groups in total. The van der Waals surface area contributed by atoms with Gasteiger partial charge in [0.15, 0.2) is 11.5 Å². The zero-order valence-electron chi connectivity index (χ0n) is 16.1.